The number of hydrogen-bond donors (Lipinski definition) is 1. The molecule has 0 saturated carbocycles. The Morgan fingerprint density at radius 3 is 2.00 bits per heavy atom. The van der Waals surface area contributed by atoms with Crippen molar-refractivity contribution < 1.29 is 0 Å². The highest BCUT2D eigenvalue weighted by Crippen LogP contribution is 2.39. The molecule has 8 aromatic rings. The van der Waals surface area contributed by atoms with Gasteiger partial charge in [-0.1, -0.05) is 84.9 Å². The molecular weight excluding hydrogens is 573 g/mol. The van der Waals surface area contributed by atoms with Crippen molar-refractivity contribution in [3.05, 3.63) is 170 Å². The van der Waals surface area contributed by atoms with Crippen molar-refractivity contribution in [2.75, 3.05) is 6.54 Å². The lowest BCUT2D eigenvalue weighted by molar-refractivity contribution is 0.976. The fourth-order valence-electron chi connectivity index (χ4n) is 6.86. The van der Waals surface area contributed by atoms with Crippen LogP contribution in [0.5, 0.6) is 0 Å². The van der Waals surface area contributed by atoms with Crippen molar-refractivity contribution >= 4 is 38.2 Å². The molecule has 222 valence electrons. The van der Waals surface area contributed by atoms with E-state index in [2.05, 4.69) is 141 Å². The molecule has 1 aliphatic rings. The molecule has 0 fully saturated rings. The molecule has 4 heterocycles. The number of nitrogens with zero attached hydrogens (tertiary/aromatic N) is 3. The highest BCUT2D eigenvalue weighted by Gasteiger charge is 2.17. The maximum atomic E-state index is 4.58. The third-order valence-electron chi connectivity index (χ3n) is 9.22. The second kappa shape index (κ2) is 11.3. The maximum absolute atomic E-state index is 4.58. The smallest absolute Gasteiger partial charge is 0.0619 e. The van der Waals surface area contributed by atoms with Gasteiger partial charge in [-0.15, -0.1) is 0 Å². The van der Waals surface area contributed by atoms with Gasteiger partial charge in [0.05, 0.1) is 11.0 Å². The average molecular weight is 603 g/mol. The first-order valence-electron chi connectivity index (χ1n) is 15.9. The van der Waals surface area contributed by atoms with Crippen LogP contribution < -0.4 is 5.32 Å². The standard InChI is InChI=1S/C43H30N4/c1-2-4-38(5-3-1)47-42-26-34(30-8-6-29(7-9-30)31-16-20-44-21-17-31)11-14-40(42)41-15-12-35-24-33(10-13-39(35)43(41)47)37-25-36(27-46-28-37)32-18-22-45-23-19-32/h1-20,22-28,44H,21H2. The Bertz CT molecular complexity index is 2490. The monoisotopic (exact) mass is 602 g/mol. The summed E-state index contributed by atoms with van der Waals surface area (Å²) in [5, 5.41) is 8.14. The van der Waals surface area contributed by atoms with Crippen molar-refractivity contribution in [1.29, 1.82) is 0 Å². The highest BCUT2D eigenvalue weighted by molar-refractivity contribution is 6.19. The molecule has 5 aromatic carbocycles. The number of para-hydroxylation sites is 1. The molecule has 47 heavy (non-hydrogen) atoms. The molecule has 0 bridgehead atoms. The van der Waals surface area contributed by atoms with Crippen LogP contribution >= 0.6 is 0 Å². The maximum Gasteiger partial charge on any atom is 0.0619 e. The second-order valence-electron chi connectivity index (χ2n) is 12.0. The molecule has 0 radical (unpaired) electrons. The predicted octanol–water partition coefficient (Wildman–Crippen LogP) is 10.2. The molecule has 4 heteroatoms. The SMILES string of the molecule is C1=CC(c2ccc(-c3ccc4c5ccc6cc(-c7cncc(-c8ccncc8)c7)ccc6c5n(-c5ccccc5)c4c3)cc2)=CCN1. The summed E-state index contributed by atoms with van der Waals surface area (Å²) in [4.78, 5) is 8.75. The number of nitrogens with one attached hydrogen (secondary N) is 1. The van der Waals surface area contributed by atoms with Gasteiger partial charge in [0.2, 0.25) is 0 Å². The van der Waals surface area contributed by atoms with Gasteiger partial charge < -0.3 is 9.88 Å². The van der Waals surface area contributed by atoms with E-state index in [9.17, 15) is 0 Å². The van der Waals surface area contributed by atoms with Crippen LogP contribution in [-0.4, -0.2) is 21.1 Å². The predicted molar refractivity (Wildman–Crippen MR) is 195 cm³/mol. The van der Waals surface area contributed by atoms with Crippen LogP contribution in [0.2, 0.25) is 0 Å². The summed E-state index contributed by atoms with van der Waals surface area (Å²) >= 11 is 0. The summed E-state index contributed by atoms with van der Waals surface area (Å²) in [6.07, 6.45) is 13.9. The van der Waals surface area contributed by atoms with Gasteiger partial charge in [0, 0.05) is 64.3 Å². The molecule has 0 saturated heterocycles. The lowest BCUT2D eigenvalue weighted by atomic mass is 9.98. The number of benzene rings is 5. The van der Waals surface area contributed by atoms with Crippen LogP contribution in [0.4, 0.5) is 0 Å². The molecule has 0 spiro atoms. The number of allylic oxidation sites excluding steroid dienone is 2. The van der Waals surface area contributed by atoms with E-state index in [1.807, 2.05) is 43.1 Å². The van der Waals surface area contributed by atoms with Crippen LogP contribution in [0.15, 0.2) is 164 Å². The van der Waals surface area contributed by atoms with Gasteiger partial charge in [0.1, 0.15) is 0 Å². The molecule has 9 rings (SSSR count). The largest absolute Gasteiger partial charge is 0.387 e. The number of hydrogen-bond acceptors (Lipinski definition) is 3. The first kappa shape index (κ1) is 27.1. The van der Waals surface area contributed by atoms with Crippen molar-refractivity contribution in [3.63, 3.8) is 0 Å². The van der Waals surface area contributed by atoms with E-state index in [-0.39, 0.29) is 0 Å². The first-order chi connectivity index (χ1) is 23.3. The average Bonchev–Trinajstić information content (AvgIpc) is 3.50. The lowest BCUT2D eigenvalue weighted by Crippen LogP contribution is -2.08. The first-order valence-corrected chi connectivity index (χ1v) is 15.9. The van der Waals surface area contributed by atoms with Gasteiger partial charge in [-0.05, 0) is 93.5 Å². The molecule has 0 atom stereocenters. The lowest BCUT2D eigenvalue weighted by Gasteiger charge is -2.12. The van der Waals surface area contributed by atoms with E-state index in [1.165, 1.54) is 54.8 Å². The Labute approximate surface area is 273 Å². The van der Waals surface area contributed by atoms with Gasteiger partial charge >= 0.3 is 0 Å². The van der Waals surface area contributed by atoms with Crippen molar-refractivity contribution in [3.8, 4) is 39.1 Å². The summed E-state index contributed by atoms with van der Waals surface area (Å²) in [7, 11) is 0. The molecule has 0 aliphatic carbocycles. The van der Waals surface area contributed by atoms with Crippen LogP contribution in [0.3, 0.4) is 0 Å². The molecular formula is C43H30N4. The van der Waals surface area contributed by atoms with E-state index >= 15 is 0 Å². The summed E-state index contributed by atoms with van der Waals surface area (Å²) < 4.78 is 2.43. The number of dihydropyridines is 1. The fourth-order valence-corrected chi connectivity index (χ4v) is 6.86. The third-order valence-corrected chi connectivity index (χ3v) is 9.22. The third kappa shape index (κ3) is 4.79. The minimum Gasteiger partial charge on any atom is -0.387 e. The van der Waals surface area contributed by atoms with Crippen LogP contribution in [0.1, 0.15) is 5.56 Å². The van der Waals surface area contributed by atoms with E-state index in [0.717, 1.165) is 34.5 Å². The van der Waals surface area contributed by atoms with Gasteiger partial charge in [-0.25, -0.2) is 0 Å². The van der Waals surface area contributed by atoms with E-state index in [4.69, 9.17) is 0 Å². The summed E-state index contributed by atoms with van der Waals surface area (Å²) in [6.45, 7) is 0.862. The number of rotatable bonds is 5. The van der Waals surface area contributed by atoms with E-state index in [0.29, 0.717) is 0 Å². The molecule has 1 aliphatic heterocycles. The van der Waals surface area contributed by atoms with Crippen molar-refractivity contribution in [2.24, 2.45) is 0 Å². The number of aromatic nitrogens is 3. The van der Waals surface area contributed by atoms with E-state index < -0.39 is 0 Å². The molecule has 1 N–H and O–H groups in total. The Balaban J connectivity index is 1.19. The minimum atomic E-state index is 0.862. The zero-order valence-electron chi connectivity index (χ0n) is 25.6. The molecule has 4 nitrogen and oxygen atoms in total. The van der Waals surface area contributed by atoms with Gasteiger partial charge in [-0.3, -0.25) is 9.97 Å². The molecule has 0 unspecified atom stereocenters. The zero-order chi connectivity index (χ0) is 31.2. The number of fused-ring (bicyclic) bond motifs is 5. The van der Waals surface area contributed by atoms with Crippen LogP contribution in [0, 0.1) is 0 Å². The zero-order valence-corrected chi connectivity index (χ0v) is 25.6. The van der Waals surface area contributed by atoms with Crippen molar-refractivity contribution in [1.82, 2.24) is 19.9 Å². The molecule has 3 aromatic heterocycles. The van der Waals surface area contributed by atoms with Crippen molar-refractivity contribution in [2.45, 2.75) is 0 Å². The Hall–Kier alpha value is -6.26. The van der Waals surface area contributed by atoms with Crippen LogP contribution in [-0.2, 0) is 0 Å². The minimum absolute atomic E-state index is 0.862. The summed E-state index contributed by atoms with van der Waals surface area (Å²) in [5.41, 5.74) is 12.9. The Kier molecular flexibility index (Phi) is 6.50. The number of pyridine rings is 2. The van der Waals surface area contributed by atoms with Gasteiger partial charge in [-0.2, -0.15) is 0 Å². The fraction of sp³-hybridized carbons (Fsp3) is 0.0233. The second-order valence-corrected chi connectivity index (χ2v) is 12.0. The van der Waals surface area contributed by atoms with Gasteiger partial charge in [0.25, 0.3) is 0 Å². The normalized spacial score (nSPS) is 12.8. The highest BCUT2D eigenvalue weighted by atomic mass is 15.0. The quantitative estimate of drug-likeness (QED) is 0.213. The Morgan fingerprint density at radius 1 is 0.532 bits per heavy atom. The summed E-state index contributed by atoms with van der Waals surface area (Å²) in [5.74, 6) is 0. The van der Waals surface area contributed by atoms with E-state index in [1.54, 1.807) is 0 Å². The Morgan fingerprint density at radius 2 is 1.21 bits per heavy atom. The summed E-state index contributed by atoms with van der Waals surface area (Å²) in [6, 6.07) is 44.1. The van der Waals surface area contributed by atoms with Crippen LogP contribution in [0.25, 0.3) is 77.2 Å². The van der Waals surface area contributed by atoms with Gasteiger partial charge in [0.15, 0.2) is 0 Å². The molecule has 0 amide bonds. The topological polar surface area (TPSA) is 42.7 Å².